The number of hydrogen-bond acceptors (Lipinski definition) is 4. The number of aromatic nitrogens is 1. The zero-order valence-electron chi connectivity index (χ0n) is 14.7. The summed E-state index contributed by atoms with van der Waals surface area (Å²) in [6, 6.07) is 12.5. The van der Waals surface area contributed by atoms with Crippen molar-refractivity contribution in [1.29, 1.82) is 0 Å². The lowest BCUT2D eigenvalue weighted by molar-refractivity contribution is -0.120. The van der Waals surface area contributed by atoms with Gasteiger partial charge in [-0.15, -0.1) is 0 Å². The number of benzene rings is 1. The second-order valence-electron chi connectivity index (χ2n) is 6.72. The van der Waals surface area contributed by atoms with Crippen molar-refractivity contribution in [2.45, 2.75) is 38.8 Å². The molecule has 0 bridgehead atoms. The topological polar surface area (TPSA) is 94.3 Å². The molecule has 0 aliphatic carbocycles. The van der Waals surface area contributed by atoms with Gasteiger partial charge < -0.3 is 15.8 Å². The van der Waals surface area contributed by atoms with Crippen molar-refractivity contribution in [3.63, 3.8) is 0 Å². The monoisotopic (exact) mass is 341 g/mol. The highest BCUT2D eigenvalue weighted by atomic mass is 16.6. The van der Waals surface area contributed by atoms with Crippen LogP contribution < -0.4 is 11.1 Å². The maximum Gasteiger partial charge on any atom is 0.408 e. The van der Waals surface area contributed by atoms with Gasteiger partial charge in [-0.2, -0.15) is 0 Å². The Hall–Kier alpha value is -2.89. The maximum absolute atomic E-state index is 11.9. The van der Waals surface area contributed by atoms with E-state index in [0.717, 1.165) is 16.8 Å². The van der Waals surface area contributed by atoms with E-state index in [1.165, 1.54) is 0 Å². The molecule has 0 fully saturated rings. The first-order chi connectivity index (χ1) is 11.7. The van der Waals surface area contributed by atoms with Crippen LogP contribution in [0.25, 0.3) is 11.3 Å². The molecule has 1 atom stereocenters. The van der Waals surface area contributed by atoms with Crippen LogP contribution in [0.1, 0.15) is 26.3 Å². The van der Waals surface area contributed by atoms with Crippen LogP contribution in [0.5, 0.6) is 0 Å². The molecule has 1 aromatic carbocycles. The number of hydrogen-bond donors (Lipinski definition) is 2. The van der Waals surface area contributed by atoms with E-state index in [-0.39, 0.29) is 6.42 Å². The van der Waals surface area contributed by atoms with Gasteiger partial charge in [0, 0.05) is 18.2 Å². The van der Waals surface area contributed by atoms with Crippen LogP contribution in [0.4, 0.5) is 4.79 Å². The molecule has 0 saturated heterocycles. The Kier molecular flexibility index (Phi) is 5.75. The molecule has 1 aromatic heterocycles. The fourth-order valence-corrected chi connectivity index (χ4v) is 2.25. The van der Waals surface area contributed by atoms with E-state index in [0.29, 0.717) is 0 Å². The third-order valence-corrected chi connectivity index (χ3v) is 3.39. The summed E-state index contributed by atoms with van der Waals surface area (Å²) in [5, 5.41) is 2.52. The molecule has 0 aliphatic rings. The molecule has 6 heteroatoms. The summed E-state index contributed by atoms with van der Waals surface area (Å²) in [5.41, 5.74) is 7.47. The van der Waals surface area contributed by atoms with E-state index < -0.39 is 23.6 Å². The molecule has 0 radical (unpaired) electrons. The van der Waals surface area contributed by atoms with Gasteiger partial charge in [-0.1, -0.05) is 30.3 Å². The molecule has 2 amide bonds. The Balaban J connectivity index is 2.04. The van der Waals surface area contributed by atoms with E-state index in [2.05, 4.69) is 10.3 Å². The van der Waals surface area contributed by atoms with E-state index in [1.807, 2.05) is 42.5 Å². The second-order valence-corrected chi connectivity index (χ2v) is 6.72. The SMILES string of the molecule is CC(C)(C)OC(=O)NC(Cc1ccc(-c2ccccn2)cc1)C(N)=O. The summed E-state index contributed by atoms with van der Waals surface area (Å²) in [6.07, 6.45) is 1.36. The smallest absolute Gasteiger partial charge is 0.408 e. The molecule has 1 unspecified atom stereocenters. The van der Waals surface area contributed by atoms with Gasteiger partial charge in [-0.25, -0.2) is 4.79 Å². The van der Waals surface area contributed by atoms with Crippen molar-refractivity contribution < 1.29 is 14.3 Å². The third-order valence-electron chi connectivity index (χ3n) is 3.39. The Bertz CT molecular complexity index is 722. The van der Waals surface area contributed by atoms with Gasteiger partial charge in [0.05, 0.1) is 5.69 Å². The number of pyridine rings is 1. The maximum atomic E-state index is 11.9. The summed E-state index contributed by atoms with van der Waals surface area (Å²) in [6.45, 7) is 5.26. The van der Waals surface area contributed by atoms with Gasteiger partial charge in [0.15, 0.2) is 0 Å². The highest BCUT2D eigenvalue weighted by Crippen LogP contribution is 2.17. The molecule has 25 heavy (non-hydrogen) atoms. The predicted molar refractivity (Wildman–Crippen MR) is 95.7 cm³/mol. The molecule has 0 saturated carbocycles. The molecule has 2 rings (SSSR count). The van der Waals surface area contributed by atoms with Gasteiger partial charge in [-0.05, 0) is 38.5 Å². The van der Waals surface area contributed by atoms with E-state index in [4.69, 9.17) is 10.5 Å². The number of nitrogens with zero attached hydrogens (tertiary/aromatic N) is 1. The van der Waals surface area contributed by atoms with Crippen LogP contribution in [-0.2, 0) is 16.0 Å². The molecular weight excluding hydrogens is 318 g/mol. The number of carbonyl (C=O) groups excluding carboxylic acids is 2. The van der Waals surface area contributed by atoms with Crippen LogP contribution in [0.2, 0.25) is 0 Å². The highest BCUT2D eigenvalue weighted by molar-refractivity contribution is 5.84. The first kappa shape index (κ1) is 18.4. The minimum absolute atomic E-state index is 0.289. The quantitative estimate of drug-likeness (QED) is 0.874. The van der Waals surface area contributed by atoms with Gasteiger partial charge in [-0.3, -0.25) is 9.78 Å². The Morgan fingerprint density at radius 1 is 1.16 bits per heavy atom. The minimum atomic E-state index is -0.837. The summed E-state index contributed by atoms with van der Waals surface area (Å²) >= 11 is 0. The van der Waals surface area contributed by atoms with Crippen LogP contribution in [-0.4, -0.2) is 28.6 Å². The summed E-state index contributed by atoms with van der Waals surface area (Å²) in [5.74, 6) is -0.611. The number of amides is 2. The van der Waals surface area contributed by atoms with Crippen molar-refractivity contribution >= 4 is 12.0 Å². The molecule has 3 N–H and O–H groups in total. The number of ether oxygens (including phenoxy) is 1. The van der Waals surface area contributed by atoms with Crippen LogP contribution in [0.3, 0.4) is 0 Å². The van der Waals surface area contributed by atoms with E-state index >= 15 is 0 Å². The number of alkyl carbamates (subject to hydrolysis) is 1. The van der Waals surface area contributed by atoms with E-state index in [9.17, 15) is 9.59 Å². The lowest BCUT2D eigenvalue weighted by atomic mass is 10.0. The fourth-order valence-electron chi connectivity index (χ4n) is 2.25. The third kappa shape index (κ3) is 5.91. The molecule has 0 aliphatic heterocycles. The van der Waals surface area contributed by atoms with Gasteiger partial charge in [0.2, 0.25) is 5.91 Å². The highest BCUT2D eigenvalue weighted by Gasteiger charge is 2.23. The summed E-state index contributed by atoms with van der Waals surface area (Å²) < 4.78 is 5.17. The Morgan fingerprint density at radius 2 is 1.84 bits per heavy atom. The van der Waals surface area contributed by atoms with Gasteiger partial charge >= 0.3 is 6.09 Å². The first-order valence-corrected chi connectivity index (χ1v) is 8.04. The molecule has 2 aromatic rings. The predicted octanol–water partition coefficient (Wildman–Crippen LogP) is 2.67. The normalized spacial score (nSPS) is 12.3. The van der Waals surface area contributed by atoms with Crippen LogP contribution >= 0.6 is 0 Å². The van der Waals surface area contributed by atoms with Gasteiger partial charge in [0.25, 0.3) is 0 Å². The number of nitrogens with two attached hydrogens (primary N) is 1. The zero-order chi connectivity index (χ0) is 18.4. The lowest BCUT2D eigenvalue weighted by Crippen LogP contribution is -2.47. The van der Waals surface area contributed by atoms with E-state index in [1.54, 1.807) is 27.0 Å². The van der Waals surface area contributed by atoms with Crippen molar-refractivity contribution in [2.75, 3.05) is 0 Å². The molecular formula is C19H23N3O3. The largest absolute Gasteiger partial charge is 0.444 e. The number of carbonyl (C=O) groups is 2. The second kappa shape index (κ2) is 7.79. The fraction of sp³-hybridized carbons (Fsp3) is 0.316. The van der Waals surface area contributed by atoms with Gasteiger partial charge in [0.1, 0.15) is 11.6 Å². The molecule has 0 spiro atoms. The number of nitrogens with one attached hydrogen (secondary N) is 1. The molecule has 6 nitrogen and oxygen atoms in total. The average Bonchev–Trinajstić information content (AvgIpc) is 2.54. The molecule has 132 valence electrons. The Morgan fingerprint density at radius 3 is 2.36 bits per heavy atom. The van der Waals surface area contributed by atoms with Crippen molar-refractivity contribution in [1.82, 2.24) is 10.3 Å². The summed E-state index contributed by atoms with van der Waals surface area (Å²) in [7, 11) is 0. The zero-order valence-corrected chi connectivity index (χ0v) is 14.7. The van der Waals surface area contributed by atoms with Crippen molar-refractivity contribution in [3.05, 3.63) is 54.2 Å². The van der Waals surface area contributed by atoms with Crippen molar-refractivity contribution in [2.24, 2.45) is 5.73 Å². The Labute approximate surface area is 147 Å². The van der Waals surface area contributed by atoms with Crippen LogP contribution in [0, 0.1) is 0 Å². The van der Waals surface area contributed by atoms with Crippen molar-refractivity contribution in [3.8, 4) is 11.3 Å². The average molecular weight is 341 g/mol. The summed E-state index contributed by atoms with van der Waals surface area (Å²) in [4.78, 5) is 27.8. The standard InChI is InChI=1S/C19H23N3O3/c1-19(2,3)25-18(24)22-16(17(20)23)12-13-7-9-14(10-8-13)15-6-4-5-11-21-15/h4-11,16H,12H2,1-3H3,(H2,20,23)(H,22,24). The number of primary amides is 1. The lowest BCUT2D eigenvalue weighted by Gasteiger charge is -2.22. The van der Waals surface area contributed by atoms with Crippen LogP contribution in [0.15, 0.2) is 48.7 Å². The minimum Gasteiger partial charge on any atom is -0.444 e. The number of rotatable bonds is 5. The first-order valence-electron chi connectivity index (χ1n) is 8.04. The molecule has 1 heterocycles.